The lowest BCUT2D eigenvalue weighted by Crippen LogP contribution is -2.38. The zero-order valence-electron chi connectivity index (χ0n) is 10.3. The maximum atomic E-state index is 13.3. The van der Waals surface area contributed by atoms with Gasteiger partial charge in [0.05, 0.1) is 6.42 Å². The Hall–Kier alpha value is -2.18. The van der Waals surface area contributed by atoms with Crippen LogP contribution >= 0.6 is 0 Å². The fourth-order valence-corrected chi connectivity index (χ4v) is 1.35. The first-order chi connectivity index (χ1) is 8.90. The number of carbonyl (C=O) groups excluding carboxylic acids is 1. The van der Waals surface area contributed by atoms with Crippen LogP contribution in [0.5, 0.6) is 0 Å². The number of nitrogens with one attached hydrogen (secondary N) is 1. The lowest BCUT2D eigenvalue weighted by molar-refractivity contribution is -0.137. The van der Waals surface area contributed by atoms with E-state index in [-0.39, 0.29) is 25.1 Å². The van der Waals surface area contributed by atoms with Crippen molar-refractivity contribution >= 4 is 12.0 Å². The van der Waals surface area contributed by atoms with E-state index in [4.69, 9.17) is 5.11 Å². The molecule has 0 saturated heterocycles. The van der Waals surface area contributed by atoms with E-state index in [0.717, 1.165) is 23.1 Å². The molecule has 0 fully saturated rings. The zero-order chi connectivity index (χ0) is 14.4. The highest BCUT2D eigenvalue weighted by Crippen LogP contribution is 2.09. The molecule has 0 aromatic heterocycles. The molecule has 0 aliphatic rings. The first-order valence-electron chi connectivity index (χ1n) is 5.55. The molecule has 0 radical (unpaired) electrons. The number of urea groups is 1. The van der Waals surface area contributed by atoms with E-state index in [2.05, 4.69) is 5.32 Å². The van der Waals surface area contributed by atoms with Crippen LogP contribution in [0.25, 0.3) is 0 Å². The van der Waals surface area contributed by atoms with Crippen LogP contribution in [0, 0.1) is 11.6 Å². The molecule has 2 N–H and O–H groups in total. The van der Waals surface area contributed by atoms with Crippen molar-refractivity contribution in [2.75, 3.05) is 13.6 Å². The van der Waals surface area contributed by atoms with Gasteiger partial charge in [0.15, 0.2) is 0 Å². The Morgan fingerprint density at radius 3 is 2.68 bits per heavy atom. The van der Waals surface area contributed by atoms with E-state index >= 15 is 0 Å². The Labute approximate surface area is 108 Å². The monoisotopic (exact) mass is 272 g/mol. The molecule has 1 aromatic carbocycles. The number of carboxylic acids is 1. The van der Waals surface area contributed by atoms with Crippen LogP contribution < -0.4 is 5.32 Å². The van der Waals surface area contributed by atoms with Crippen LogP contribution in [-0.2, 0) is 11.3 Å². The molecule has 1 rings (SSSR count). The minimum absolute atomic E-state index is 0.0278. The smallest absolute Gasteiger partial charge is 0.317 e. The van der Waals surface area contributed by atoms with Crippen molar-refractivity contribution in [3.05, 3.63) is 35.4 Å². The summed E-state index contributed by atoms with van der Waals surface area (Å²) in [4.78, 5) is 23.0. The summed E-state index contributed by atoms with van der Waals surface area (Å²) in [7, 11) is 1.42. The highest BCUT2D eigenvalue weighted by atomic mass is 19.1. The number of benzene rings is 1. The van der Waals surface area contributed by atoms with E-state index < -0.39 is 23.6 Å². The van der Waals surface area contributed by atoms with Gasteiger partial charge in [0.25, 0.3) is 0 Å². The van der Waals surface area contributed by atoms with Crippen LogP contribution in [0.1, 0.15) is 12.0 Å². The molecule has 0 aliphatic carbocycles. The van der Waals surface area contributed by atoms with Gasteiger partial charge in [-0.05, 0) is 18.2 Å². The Bertz CT molecular complexity index is 480. The van der Waals surface area contributed by atoms with E-state index in [0.29, 0.717) is 0 Å². The van der Waals surface area contributed by atoms with Gasteiger partial charge in [-0.2, -0.15) is 0 Å². The molecule has 104 valence electrons. The topological polar surface area (TPSA) is 69.6 Å². The predicted octanol–water partition coefficient (Wildman–Crippen LogP) is 1.58. The van der Waals surface area contributed by atoms with Crippen LogP contribution in [-0.4, -0.2) is 35.6 Å². The fourth-order valence-electron chi connectivity index (χ4n) is 1.35. The quantitative estimate of drug-likeness (QED) is 0.855. The largest absolute Gasteiger partial charge is 0.481 e. The Balaban J connectivity index is 2.49. The highest BCUT2D eigenvalue weighted by molar-refractivity contribution is 5.75. The highest BCUT2D eigenvalue weighted by Gasteiger charge is 2.11. The van der Waals surface area contributed by atoms with Crippen LogP contribution in [0.15, 0.2) is 18.2 Å². The average molecular weight is 272 g/mol. The summed E-state index contributed by atoms with van der Waals surface area (Å²) in [5.41, 5.74) is 0.0278. The number of rotatable bonds is 5. The number of carbonyl (C=O) groups is 2. The van der Waals surface area contributed by atoms with Crippen molar-refractivity contribution in [2.45, 2.75) is 13.0 Å². The van der Waals surface area contributed by atoms with Gasteiger partial charge in [-0.25, -0.2) is 13.6 Å². The molecule has 2 amide bonds. The predicted molar refractivity (Wildman–Crippen MR) is 63.5 cm³/mol. The molecular formula is C12H14F2N2O3. The third-order valence-corrected chi connectivity index (χ3v) is 2.45. The molecule has 1 aromatic rings. The minimum atomic E-state index is -1.02. The molecule has 0 atom stereocenters. The van der Waals surface area contributed by atoms with Gasteiger partial charge in [-0.1, -0.05) is 0 Å². The third-order valence-electron chi connectivity index (χ3n) is 2.45. The Morgan fingerprint density at radius 1 is 1.37 bits per heavy atom. The van der Waals surface area contributed by atoms with Crippen molar-refractivity contribution < 1.29 is 23.5 Å². The van der Waals surface area contributed by atoms with Crippen LogP contribution in [0.2, 0.25) is 0 Å². The summed E-state index contributed by atoms with van der Waals surface area (Å²) in [5.74, 6) is -2.23. The molecular weight excluding hydrogens is 258 g/mol. The summed E-state index contributed by atoms with van der Waals surface area (Å²) < 4.78 is 26.2. The standard InChI is InChI=1S/C12H14F2N2O3/c1-16(5-4-11(17)18)12(19)15-7-8-6-9(13)2-3-10(8)14/h2-3,6H,4-5,7H2,1H3,(H,15,19)(H,17,18). The van der Waals surface area contributed by atoms with Crippen LogP contribution in [0.4, 0.5) is 13.6 Å². The van der Waals surface area contributed by atoms with E-state index in [1.54, 1.807) is 0 Å². The first-order valence-corrected chi connectivity index (χ1v) is 5.55. The molecule has 0 heterocycles. The second-order valence-corrected chi connectivity index (χ2v) is 3.96. The fraction of sp³-hybridized carbons (Fsp3) is 0.333. The minimum Gasteiger partial charge on any atom is -0.481 e. The number of amides is 2. The van der Waals surface area contributed by atoms with Crippen molar-refractivity contribution in [1.82, 2.24) is 10.2 Å². The molecule has 7 heteroatoms. The molecule has 0 aliphatic heterocycles. The number of aliphatic carboxylic acids is 1. The van der Waals surface area contributed by atoms with Crippen LogP contribution in [0.3, 0.4) is 0 Å². The maximum absolute atomic E-state index is 13.3. The lowest BCUT2D eigenvalue weighted by Gasteiger charge is -2.17. The normalized spacial score (nSPS) is 10.1. The van der Waals surface area contributed by atoms with Gasteiger partial charge in [-0.3, -0.25) is 4.79 Å². The summed E-state index contributed by atoms with van der Waals surface area (Å²) in [6.07, 6.45) is -0.182. The van der Waals surface area contributed by atoms with Gasteiger partial charge >= 0.3 is 12.0 Å². The second-order valence-electron chi connectivity index (χ2n) is 3.96. The van der Waals surface area contributed by atoms with Gasteiger partial charge < -0.3 is 15.3 Å². The van der Waals surface area contributed by atoms with E-state index in [9.17, 15) is 18.4 Å². The Morgan fingerprint density at radius 2 is 2.05 bits per heavy atom. The molecule has 0 bridgehead atoms. The van der Waals surface area contributed by atoms with Gasteiger partial charge in [0.2, 0.25) is 0 Å². The maximum Gasteiger partial charge on any atom is 0.317 e. The SMILES string of the molecule is CN(CCC(=O)O)C(=O)NCc1cc(F)ccc1F. The summed E-state index contributed by atoms with van der Waals surface area (Å²) >= 11 is 0. The summed E-state index contributed by atoms with van der Waals surface area (Å²) in [6.45, 7) is -0.132. The number of hydrogen-bond donors (Lipinski definition) is 2. The number of halogens is 2. The molecule has 0 saturated carbocycles. The number of nitrogens with zero attached hydrogens (tertiary/aromatic N) is 1. The lowest BCUT2D eigenvalue weighted by atomic mass is 10.2. The third kappa shape index (κ3) is 4.90. The van der Waals surface area contributed by atoms with Crippen molar-refractivity contribution in [3.8, 4) is 0 Å². The van der Waals surface area contributed by atoms with E-state index in [1.807, 2.05) is 0 Å². The summed E-state index contributed by atoms with van der Waals surface area (Å²) in [5, 5.41) is 10.8. The molecule has 5 nitrogen and oxygen atoms in total. The van der Waals surface area contributed by atoms with Gasteiger partial charge in [0, 0.05) is 25.7 Å². The van der Waals surface area contributed by atoms with Gasteiger partial charge in [0.1, 0.15) is 11.6 Å². The molecule has 0 unspecified atom stereocenters. The van der Waals surface area contributed by atoms with Gasteiger partial charge in [-0.15, -0.1) is 0 Å². The second kappa shape index (κ2) is 6.67. The number of carboxylic acid groups (broad SMARTS) is 1. The first kappa shape index (κ1) is 14.9. The summed E-state index contributed by atoms with van der Waals surface area (Å²) in [6, 6.07) is 2.40. The average Bonchev–Trinajstić information content (AvgIpc) is 2.36. The van der Waals surface area contributed by atoms with Crippen molar-refractivity contribution in [2.24, 2.45) is 0 Å². The van der Waals surface area contributed by atoms with Crippen molar-refractivity contribution in [1.29, 1.82) is 0 Å². The zero-order valence-corrected chi connectivity index (χ0v) is 10.3. The molecule has 19 heavy (non-hydrogen) atoms. The Kier molecular flexibility index (Phi) is 5.23. The molecule has 0 spiro atoms. The number of hydrogen-bond acceptors (Lipinski definition) is 2. The van der Waals surface area contributed by atoms with Crippen molar-refractivity contribution in [3.63, 3.8) is 0 Å². The van der Waals surface area contributed by atoms with E-state index in [1.165, 1.54) is 7.05 Å².